The molecule has 0 fully saturated rings. The Bertz CT molecular complexity index is 858. The lowest BCUT2D eigenvalue weighted by Gasteiger charge is -2.21. The molecule has 4 nitrogen and oxygen atoms in total. The summed E-state index contributed by atoms with van der Waals surface area (Å²) in [5.74, 6) is 0.644. The molecular weight excluding hydrogens is 340 g/mol. The van der Waals surface area contributed by atoms with E-state index in [0.717, 1.165) is 22.0 Å². The summed E-state index contributed by atoms with van der Waals surface area (Å²) < 4.78 is 5.37. The first kappa shape index (κ1) is 15.5. The van der Waals surface area contributed by atoms with Crippen molar-refractivity contribution in [2.75, 3.05) is 11.4 Å². The number of hydrogen-bond acceptors (Lipinski definition) is 5. The standard InChI is InChI=1S/C18H16N2O2S2/c1-12-8-9-20(14-5-2-3-7-16(14)24-12)18(21)13-11-23-17(19-13)15-6-4-10-22-15/h2-7,10-12H,8-9H2,1H3/t12-/m0/s1. The Hall–Kier alpha value is -2.05. The summed E-state index contributed by atoms with van der Waals surface area (Å²) in [6, 6.07) is 11.8. The molecule has 0 bridgehead atoms. The van der Waals surface area contributed by atoms with Gasteiger partial charge in [-0.25, -0.2) is 4.98 Å². The zero-order valence-electron chi connectivity index (χ0n) is 13.1. The van der Waals surface area contributed by atoms with Crippen LogP contribution in [0.2, 0.25) is 0 Å². The summed E-state index contributed by atoms with van der Waals surface area (Å²) in [4.78, 5) is 20.5. The number of thioether (sulfide) groups is 1. The monoisotopic (exact) mass is 356 g/mol. The van der Waals surface area contributed by atoms with Crippen molar-refractivity contribution in [3.05, 3.63) is 53.7 Å². The van der Waals surface area contributed by atoms with Gasteiger partial charge in [0.25, 0.3) is 5.91 Å². The zero-order chi connectivity index (χ0) is 16.5. The fourth-order valence-electron chi connectivity index (χ4n) is 2.72. The van der Waals surface area contributed by atoms with Crippen LogP contribution >= 0.6 is 23.1 Å². The normalized spacial score (nSPS) is 17.4. The van der Waals surface area contributed by atoms with Gasteiger partial charge in [-0.05, 0) is 30.7 Å². The van der Waals surface area contributed by atoms with E-state index in [1.807, 2.05) is 52.4 Å². The molecule has 1 aliphatic rings. The van der Waals surface area contributed by atoms with Crippen LogP contribution in [0, 0.1) is 0 Å². The van der Waals surface area contributed by atoms with Crippen molar-refractivity contribution >= 4 is 34.7 Å². The maximum atomic E-state index is 13.0. The number of thiazole rings is 1. The fraction of sp³-hybridized carbons (Fsp3) is 0.222. The minimum Gasteiger partial charge on any atom is -0.462 e. The average Bonchev–Trinajstić information content (AvgIpc) is 3.24. The maximum absolute atomic E-state index is 13.0. The first-order valence-corrected chi connectivity index (χ1v) is 9.55. The van der Waals surface area contributed by atoms with Gasteiger partial charge < -0.3 is 9.32 Å². The molecule has 0 radical (unpaired) electrons. The lowest BCUT2D eigenvalue weighted by Crippen LogP contribution is -2.32. The number of carbonyl (C=O) groups excluding carboxylic acids is 1. The third kappa shape index (κ3) is 2.87. The lowest BCUT2D eigenvalue weighted by molar-refractivity contribution is 0.0982. The molecule has 1 aliphatic heterocycles. The van der Waals surface area contributed by atoms with Crippen LogP contribution in [0.5, 0.6) is 0 Å². The Kier molecular flexibility index (Phi) is 4.16. The first-order valence-electron chi connectivity index (χ1n) is 7.79. The topological polar surface area (TPSA) is 46.3 Å². The zero-order valence-corrected chi connectivity index (χ0v) is 14.8. The highest BCUT2D eigenvalue weighted by atomic mass is 32.2. The molecule has 0 N–H and O–H groups in total. The molecule has 122 valence electrons. The quantitative estimate of drug-likeness (QED) is 0.653. The molecule has 3 aromatic rings. The number of aromatic nitrogens is 1. The number of amides is 1. The van der Waals surface area contributed by atoms with Gasteiger partial charge in [-0.1, -0.05) is 19.1 Å². The molecule has 0 spiro atoms. The van der Waals surface area contributed by atoms with E-state index >= 15 is 0 Å². The third-order valence-electron chi connectivity index (χ3n) is 3.94. The van der Waals surface area contributed by atoms with E-state index in [0.29, 0.717) is 23.2 Å². The Morgan fingerprint density at radius 1 is 1.29 bits per heavy atom. The summed E-state index contributed by atoms with van der Waals surface area (Å²) in [7, 11) is 0. The second-order valence-electron chi connectivity index (χ2n) is 5.66. The molecule has 1 amide bonds. The van der Waals surface area contributed by atoms with Gasteiger partial charge in [-0.3, -0.25) is 4.79 Å². The van der Waals surface area contributed by atoms with Crippen molar-refractivity contribution < 1.29 is 9.21 Å². The van der Waals surface area contributed by atoms with Crippen LogP contribution in [0.3, 0.4) is 0 Å². The molecule has 6 heteroatoms. The molecule has 3 heterocycles. The number of nitrogens with zero attached hydrogens (tertiary/aromatic N) is 2. The van der Waals surface area contributed by atoms with Crippen LogP contribution in [-0.2, 0) is 0 Å². The van der Waals surface area contributed by atoms with Crippen LogP contribution in [0.15, 0.2) is 57.4 Å². The Morgan fingerprint density at radius 2 is 2.17 bits per heavy atom. The minimum absolute atomic E-state index is 0.0498. The smallest absolute Gasteiger partial charge is 0.277 e. The number of fused-ring (bicyclic) bond motifs is 1. The molecule has 0 saturated heterocycles. The lowest BCUT2D eigenvalue weighted by atomic mass is 10.2. The van der Waals surface area contributed by atoms with Gasteiger partial charge in [0, 0.05) is 22.1 Å². The largest absolute Gasteiger partial charge is 0.462 e. The van der Waals surface area contributed by atoms with Gasteiger partial charge in [0.1, 0.15) is 5.69 Å². The van der Waals surface area contributed by atoms with Crippen molar-refractivity contribution in [1.82, 2.24) is 4.98 Å². The van der Waals surface area contributed by atoms with Crippen molar-refractivity contribution in [2.45, 2.75) is 23.5 Å². The molecule has 1 atom stereocenters. The van der Waals surface area contributed by atoms with Crippen molar-refractivity contribution in [1.29, 1.82) is 0 Å². The number of carbonyl (C=O) groups is 1. The van der Waals surface area contributed by atoms with Crippen LogP contribution < -0.4 is 4.90 Å². The van der Waals surface area contributed by atoms with Gasteiger partial charge in [0.15, 0.2) is 10.8 Å². The summed E-state index contributed by atoms with van der Waals surface area (Å²) in [5, 5.41) is 3.02. The predicted molar refractivity (Wildman–Crippen MR) is 97.9 cm³/mol. The average molecular weight is 356 g/mol. The molecule has 1 aromatic carbocycles. The van der Waals surface area contributed by atoms with Gasteiger partial charge in [-0.15, -0.1) is 23.1 Å². The number of anilines is 1. The van der Waals surface area contributed by atoms with E-state index in [1.54, 1.807) is 6.26 Å². The summed E-state index contributed by atoms with van der Waals surface area (Å²) in [5.41, 5.74) is 1.45. The number of para-hydroxylation sites is 1. The van der Waals surface area contributed by atoms with Crippen LogP contribution in [-0.4, -0.2) is 22.7 Å². The van der Waals surface area contributed by atoms with E-state index in [-0.39, 0.29) is 5.91 Å². The van der Waals surface area contributed by atoms with Gasteiger partial charge >= 0.3 is 0 Å². The second-order valence-corrected chi connectivity index (χ2v) is 8.00. The summed E-state index contributed by atoms with van der Waals surface area (Å²) in [6.45, 7) is 2.91. The molecule has 4 rings (SSSR count). The highest BCUT2D eigenvalue weighted by molar-refractivity contribution is 8.00. The SMILES string of the molecule is C[C@H]1CCN(C(=O)c2csc(-c3ccco3)n2)c2ccccc2S1. The second kappa shape index (κ2) is 6.45. The number of hydrogen-bond donors (Lipinski definition) is 0. The van der Waals surface area contributed by atoms with E-state index in [4.69, 9.17) is 4.42 Å². The van der Waals surface area contributed by atoms with E-state index in [9.17, 15) is 4.79 Å². The maximum Gasteiger partial charge on any atom is 0.277 e. The third-order valence-corrected chi connectivity index (χ3v) is 6.04. The van der Waals surface area contributed by atoms with Gasteiger partial charge in [0.2, 0.25) is 0 Å². The molecule has 0 aliphatic carbocycles. The molecule has 24 heavy (non-hydrogen) atoms. The molecule has 2 aromatic heterocycles. The van der Waals surface area contributed by atoms with E-state index in [2.05, 4.69) is 18.0 Å². The molecule has 0 saturated carbocycles. The van der Waals surface area contributed by atoms with Gasteiger partial charge in [-0.2, -0.15) is 0 Å². The predicted octanol–water partition coefficient (Wildman–Crippen LogP) is 4.93. The van der Waals surface area contributed by atoms with Crippen LogP contribution in [0.4, 0.5) is 5.69 Å². The summed E-state index contributed by atoms with van der Waals surface area (Å²) >= 11 is 3.25. The molecular formula is C18H16N2O2S2. The fourth-order valence-corrected chi connectivity index (χ4v) is 4.59. The van der Waals surface area contributed by atoms with Crippen molar-refractivity contribution in [2.24, 2.45) is 0 Å². The van der Waals surface area contributed by atoms with Gasteiger partial charge in [0.05, 0.1) is 12.0 Å². The van der Waals surface area contributed by atoms with Crippen LogP contribution in [0.1, 0.15) is 23.8 Å². The molecule has 0 unspecified atom stereocenters. The highest BCUT2D eigenvalue weighted by Crippen LogP contribution is 2.38. The van der Waals surface area contributed by atoms with E-state index in [1.165, 1.54) is 11.3 Å². The summed E-state index contributed by atoms with van der Waals surface area (Å²) in [6.07, 6.45) is 2.57. The number of furan rings is 1. The Labute approximate surface area is 148 Å². The minimum atomic E-state index is -0.0498. The van der Waals surface area contributed by atoms with E-state index < -0.39 is 0 Å². The van der Waals surface area contributed by atoms with Crippen molar-refractivity contribution in [3.63, 3.8) is 0 Å². The Balaban J connectivity index is 1.67. The Morgan fingerprint density at radius 3 is 3.00 bits per heavy atom. The first-order chi connectivity index (χ1) is 11.7. The highest BCUT2D eigenvalue weighted by Gasteiger charge is 2.26. The number of rotatable bonds is 2. The van der Waals surface area contributed by atoms with Crippen molar-refractivity contribution in [3.8, 4) is 10.8 Å². The van der Waals surface area contributed by atoms with Crippen LogP contribution in [0.25, 0.3) is 10.8 Å². The number of benzene rings is 1.